The first-order valence-electron chi connectivity index (χ1n) is 7.72. The summed E-state index contributed by atoms with van der Waals surface area (Å²) in [5.41, 5.74) is 0.848. The minimum atomic E-state index is -0.502. The molecule has 0 radical (unpaired) electrons. The predicted octanol–water partition coefficient (Wildman–Crippen LogP) is 3.62. The SMILES string of the molecule is COC(=O)c1sc2nc(/C=C/c3cc(Cl)c(O)c(OC)c3)[nH]c(=O)c2c1C. The van der Waals surface area contributed by atoms with Crippen LogP contribution in [-0.2, 0) is 4.74 Å². The van der Waals surface area contributed by atoms with Gasteiger partial charge in [-0.15, -0.1) is 11.3 Å². The molecule has 27 heavy (non-hydrogen) atoms. The Balaban J connectivity index is 2.03. The van der Waals surface area contributed by atoms with E-state index in [2.05, 4.69) is 9.97 Å². The maximum atomic E-state index is 12.4. The molecular formula is C18H15ClN2O5S. The highest BCUT2D eigenvalue weighted by molar-refractivity contribution is 7.20. The number of fused-ring (bicyclic) bond motifs is 1. The zero-order chi connectivity index (χ0) is 19.7. The molecule has 9 heteroatoms. The van der Waals surface area contributed by atoms with Crippen LogP contribution < -0.4 is 10.3 Å². The molecule has 0 bridgehead atoms. The zero-order valence-electron chi connectivity index (χ0n) is 14.6. The third kappa shape index (κ3) is 3.54. The first-order valence-corrected chi connectivity index (χ1v) is 8.91. The molecule has 0 unspecified atom stereocenters. The van der Waals surface area contributed by atoms with Crippen molar-refractivity contribution in [3.8, 4) is 11.5 Å². The van der Waals surface area contributed by atoms with Crippen molar-refractivity contribution < 1.29 is 19.4 Å². The van der Waals surface area contributed by atoms with E-state index in [-0.39, 0.29) is 22.1 Å². The van der Waals surface area contributed by atoms with E-state index in [0.717, 1.165) is 11.3 Å². The van der Waals surface area contributed by atoms with Gasteiger partial charge in [-0.1, -0.05) is 17.7 Å². The highest BCUT2D eigenvalue weighted by atomic mass is 35.5. The number of nitrogens with one attached hydrogen (secondary N) is 1. The molecule has 0 aliphatic rings. The number of aromatic nitrogens is 2. The number of aromatic hydroxyl groups is 1. The Hall–Kier alpha value is -2.84. The maximum absolute atomic E-state index is 12.4. The molecule has 0 amide bonds. The van der Waals surface area contributed by atoms with Crippen LogP contribution in [0.3, 0.4) is 0 Å². The molecular weight excluding hydrogens is 392 g/mol. The van der Waals surface area contributed by atoms with Gasteiger partial charge in [0.1, 0.15) is 15.5 Å². The molecule has 3 rings (SSSR count). The number of carbonyl (C=O) groups excluding carboxylic acids is 1. The smallest absolute Gasteiger partial charge is 0.348 e. The van der Waals surface area contributed by atoms with Crippen LogP contribution in [0.2, 0.25) is 5.02 Å². The number of carbonyl (C=O) groups is 1. The normalized spacial score (nSPS) is 11.3. The minimum Gasteiger partial charge on any atom is -0.503 e. The number of methoxy groups -OCH3 is 2. The largest absolute Gasteiger partial charge is 0.503 e. The van der Waals surface area contributed by atoms with Gasteiger partial charge in [0.25, 0.3) is 5.56 Å². The Morgan fingerprint density at radius 3 is 2.74 bits per heavy atom. The van der Waals surface area contributed by atoms with Crippen molar-refractivity contribution in [2.24, 2.45) is 0 Å². The van der Waals surface area contributed by atoms with Crippen molar-refractivity contribution in [2.75, 3.05) is 14.2 Å². The van der Waals surface area contributed by atoms with Crippen molar-refractivity contribution in [1.29, 1.82) is 0 Å². The summed E-state index contributed by atoms with van der Waals surface area (Å²) in [4.78, 5) is 32.1. The number of aromatic amines is 1. The van der Waals surface area contributed by atoms with Crippen molar-refractivity contribution in [3.63, 3.8) is 0 Å². The van der Waals surface area contributed by atoms with Gasteiger partial charge in [0, 0.05) is 0 Å². The molecule has 0 saturated carbocycles. The maximum Gasteiger partial charge on any atom is 0.348 e. The number of nitrogens with zero attached hydrogens (tertiary/aromatic N) is 1. The Morgan fingerprint density at radius 2 is 2.07 bits per heavy atom. The Morgan fingerprint density at radius 1 is 1.33 bits per heavy atom. The van der Waals surface area contributed by atoms with E-state index >= 15 is 0 Å². The van der Waals surface area contributed by atoms with Crippen molar-refractivity contribution >= 4 is 51.3 Å². The average Bonchev–Trinajstić information content (AvgIpc) is 2.98. The van der Waals surface area contributed by atoms with E-state index in [0.29, 0.717) is 32.0 Å². The number of phenolic OH excluding ortho intramolecular Hbond substituents is 1. The fourth-order valence-electron chi connectivity index (χ4n) is 2.55. The Labute approximate surface area is 162 Å². The lowest BCUT2D eigenvalue weighted by atomic mass is 10.2. The van der Waals surface area contributed by atoms with E-state index < -0.39 is 5.97 Å². The van der Waals surface area contributed by atoms with Gasteiger partial charge in [-0.3, -0.25) is 4.79 Å². The zero-order valence-corrected chi connectivity index (χ0v) is 16.2. The van der Waals surface area contributed by atoms with E-state index in [4.69, 9.17) is 21.1 Å². The van der Waals surface area contributed by atoms with E-state index in [1.807, 2.05) is 0 Å². The summed E-state index contributed by atoms with van der Waals surface area (Å²) in [6.07, 6.45) is 3.26. The lowest BCUT2D eigenvalue weighted by molar-refractivity contribution is 0.0605. The van der Waals surface area contributed by atoms with E-state index in [9.17, 15) is 14.7 Å². The minimum absolute atomic E-state index is 0.141. The number of aryl methyl sites for hydroxylation is 1. The summed E-state index contributed by atoms with van der Waals surface area (Å²) in [7, 11) is 2.71. The highest BCUT2D eigenvalue weighted by Crippen LogP contribution is 2.35. The number of phenols is 1. The second-order valence-electron chi connectivity index (χ2n) is 5.57. The molecule has 0 spiro atoms. The van der Waals surface area contributed by atoms with Crippen LogP contribution in [-0.4, -0.2) is 35.3 Å². The van der Waals surface area contributed by atoms with Crippen molar-refractivity contribution in [1.82, 2.24) is 9.97 Å². The molecule has 7 nitrogen and oxygen atoms in total. The van der Waals surface area contributed by atoms with Gasteiger partial charge in [-0.05, 0) is 36.3 Å². The third-order valence-electron chi connectivity index (χ3n) is 3.89. The summed E-state index contributed by atoms with van der Waals surface area (Å²) in [5, 5.41) is 10.3. The molecule has 2 aromatic heterocycles. The van der Waals surface area contributed by atoms with Gasteiger partial charge in [-0.2, -0.15) is 0 Å². The van der Waals surface area contributed by atoms with Crippen LogP contribution in [0.25, 0.3) is 22.4 Å². The highest BCUT2D eigenvalue weighted by Gasteiger charge is 2.19. The number of thiophene rings is 1. The average molecular weight is 407 g/mol. The molecule has 3 aromatic rings. The lowest BCUT2D eigenvalue weighted by Crippen LogP contribution is -2.09. The second kappa shape index (κ2) is 7.42. The number of benzene rings is 1. The number of esters is 1. The molecule has 0 atom stereocenters. The fraction of sp³-hybridized carbons (Fsp3) is 0.167. The molecule has 0 aliphatic heterocycles. The summed E-state index contributed by atoms with van der Waals surface area (Å²) in [6.45, 7) is 1.68. The number of H-pyrrole nitrogens is 1. The summed E-state index contributed by atoms with van der Waals surface area (Å²) in [6, 6.07) is 3.15. The van der Waals surface area contributed by atoms with Gasteiger partial charge < -0.3 is 19.6 Å². The lowest BCUT2D eigenvalue weighted by Gasteiger charge is -2.06. The number of ether oxygens (including phenoxy) is 2. The number of rotatable bonds is 4. The van der Waals surface area contributed by atoms with E-state index in [1.54, 1.807) is 31.2 Å². The standard InChI is InChI=1S/C18H15ClN2O5S/c1-8-13-16(23)20-12(21-17(13)27-15(8)18(24)26-3)5-4-9-6-10(19)14(22)11(7-9)25-2/h4-7,22H,1-3H3,(H,20,21,23)/b5-4+. The Kier molecular flexibility index (Phi) is 5.20. The van der Waals surface area contributed by atoms with Gasteiger partial charge >= 0.3 is 5.97 Å². The van der Waals surface area contributed by atoms with Crippen LogP contribution >= 0.6 is 22.9 Å². The summed E-state index contributed by atoms with van der Waals surface area (Å²) < 4.78 is 9.80. The van der Waals surface area contributed by atoms with Crippen molar-refractivity contribution in [2.45, 2.75) is 6.92 Å². The van der Waals surface area contributed by atoms with Crippen LogP contribution in [0.5, 0.6) is 11.5 Å². The van der Waals surface area contributed by atoms with Crippen LogP contribution in [0.4, 0.5) is 0 Å². The molecule has 0 saturated heterocycles. The predicted molar refractivity (Wildman–Crippen MR) is 105 cm³/mol. The molecule has 0 aliphatic carbocycles. The summed E-state index contributed by atoms with van der Waals surface area (Å²) in [5.74, 6) is -0.101. The molecule has 140 valence electrons. The van der Waals surface area contributed by atoms with Crippen LogP contribution in [0, 0.1) is 6.92 Å². The quantitative estimate of drug-likeness (QED) is 0.641. The van der Waals surface area contributed by atoms with Crippen LogP contribution in [0.1, 0.15) is 26.6 Å². The molecule has 0 fully saturated rings. The monoisotopic (exact) mass is 406 g/mol. The van der Waals surface area contributed by atoms with Gasteiger partial charge in [0.2, 0.25) is 0 Å². The number of hydrogen-bond acceptors (Lipinski definition) is 7. The van der Waals surface area contributed by atoms with Gasteiger partial charge in [0.15, 0.2) is 11.5 Å². The first-order chi connectivity index (χ1) is 12.8. The summed E-state index contributed by atoms with van der Waals surface area (Å²) >= 11 is 7.07. The first kappa shape index (κ1) is 18.9. The fourth-order valence-corrected chi connectivity index (χ4v) is 3.87. The molecule has 2 heterocycles. The second-order valence-corrected chi connectivity index (χ2v) is 6.97. The molecule has 1 aromatic carbocycles. The van der Waals surface area contributed by atoms with Crippen LogP contribution in [0.15, 0.2) is 16.9 Å². The molecule has 2 N–H and O–H groups in total. The van der Waals surface area contributed by atoms with Gasteiger partial charge in [-0.25, -0.2) is 9.78 Å². The van der Waals surface area contributed by atoms with E-state index in [1.165, 1.54) is 14.2 Å². The topological polar surface area (TPSA) is 102 Å². The van der Waals surface area contributed by atoms with Gasteiger partial charge in [0.05, 0.1) is 24.6 Å². The van der Waals surface area contributed by atoms with Crippen molar-refractivity contribution in [3.05, 3.63) is 49.3 Å². The number of hydrogen-bond donors (Lipinski definition) is 2. The Bertz CT molecular complexity index is 1130. The number of halogens is 1. The third-order valence-corrected chi connectivity index (χ3v) is 5.35.